The first-order valence-electron chi connectivity index (χ1n) is 3.62. The maximum Gasteiger partial charge on any atom is 2.00 e. The van der Waals surface area contributed by atoms with Crippen molar-refractivity contribution in [2.75, 3.05) is 26.2 Å². The number of hydrogen-bond acceptors (Lipinski definition) is 9. The number of rotatable bonds is 4. The minimum Gasteiger partial charge on any atom is -0.356 e. The Morgan fingerprint density at radius 3 is 1.19 bits per heavy atom. The second-order valence-electron chi connectivity index (χ2n) is 1.77. The van der Waals surface area contributed by atoms with E-state index in [1.165, 1.54) is 0 Å². The summed E-state index contributed by atoms with van der Waals surface area (Å²) in [5.74, 6) is 0. The SMILES string of the molecule is NCCNCCN.O=[N+]([O-])[O-].O=[N+]([O-])[O-].[Co+2]. The van der Waals surface area contributed by atoms with Crippen molar-refractivity contribution in [2.45, 2.75) is 0 Å². The Kier molecular flexibility index (Phi) is 35.5. The van der Waals surface area contributed by atoms with Crippen LogP contribution in [0.5, 0.6) is 0 Å². The Bertz CT molecular complexity index is 136. The van der Waals surface area contributed by atoms with Gasteiger partial charge in [-0.25, -0.2) is 0 Å². The first kappa shape index (κ1) is 24.2. The van der Waals surface area contributed by atoms with Gasteiger partial charge in [-0.1, -0.05) is 0 Å². The summed E-state index contributed by atoms with van der Waals surface area (Å²) < 4.78 is 0. The average molecular weight is 286 g/mol. The predicted molar refractivity (Wildman–Crippen MR) is 51.7 cm³/mol. The largest absolute Gasteiger partial charge is 2.00 e. The molecule has 16 heavy (non-hydrogen) atoms. The summed E-state index contributed by atoms with van der Waals surface area (Å²) in [6.07, 6.45) is 0. The van der Waals surface area contributed by atoms with E-state index < -0.39 is 10.2 Å². The molecule has 0 rings (SSSR count). The van der Waals surface area contributed by atoms with E-state index in [2.05, 4.69) is 5.32 Å². The van der Waals surface area contributed by atoms with Gasteiger partial charge in [0.25, 0.3) is 0 Å². The van der Waals surface area contributed by atoms with Crippen LogP contribution in [0.1, 0.15) is 0 Å². The van der Waals surface area contributed by atoms with E-state index >= 15 is 0 Å². The van der Waals surface area contributed by atoms with E-state index in [1.807, 2.05) is 0 Å². The molecule has 0 aromatic heterocycles. The Balaban J connectivity index is -0.0000000700. The van der Waals surface area contributed by atoms with Crippen LogP contribution in [0.15, 0.2) is 0 Å². The molecule has 0 amide bonds. The van der Waals surface area contributed by atoms with Crippen LogP contribution in [-0.2, 0) is 16.8 Å². The van der Waals surface area contributed by atoms with Gasteiger partial charge in [-0.05, 0) is 0 Å². The van der Waals surface area contributed by atoms with Crippen LogP contribution in [-0.4, -0.2) is 36.4 Å². The van der Waals surface area contributed by atoms with Crippen molar-refractivity contribution in [3.8, 4) is 0 Å². The average Bonchev–Trinajstić information content (AvgIpc) is 2.03. The predicted octanol–water partition coefficient (Wildman–Crippen LogP) is -1.99. The minimum atomic E-state index is -1.75. The summed E-state index contributed by atoms with van der Waals surface area (Å²) in [7, 11) is 0. The smallest absolute Gasteiger partial charge is 0.356 e. The van der Waals surface area contributed by atoms with E-state index in [0.717, 1.165) is 13.1 Å². The van der Waals surface area contributed by atoms with E-state index in [1.54, 1.807) is 0 Å². The summed E-state index contributed by atoms with van der Waals surface area (Å²) >= 11 is 0. The van der Waals surface area contributed by atoms with Crippen LogP contribution in [0.2, 0.25) is 0 Å². The Morgan fingerprint density at radius 1 is 0.875 bits per heavy atom. The van der Waals surface area contributed by atoms with Crippen LogP contribution in [0.4, 0.5) is 0 Å². The van der Waals surface area contributed by atoms with Crippen LogP contribution in [0, 0.1) is 30.6 Å². The maximum absolute atomic E-state index is 8.25. The zero-order valence-corrected chi connectivity index (χ0v) is 9.20. The molecule has 0 aliphatic rings. The molecule has 0 aliphatic carbocycles. The normalized spacial score (nSPS) is 7.12. The summed E-state index contributed by atoms with van der Waals surface area (Å²) in [5, 5.41) is 32.5. The molecule has 11 nitrogen and oxygen atoms in total. The molecule has 0 aromatic carbocycles. The third kappa shape index (κ3) is 229. The van der Waals surface area contributed by atoms with Gasteiger partial charge in [0, 0.05) is 26.2 Å². The first-order chi connectivity index (χ1) is 6.88. The van der Waals surface area contributed by atoms with E-state index in [4.69, 9.17) is 42.1 Å². The summed E-state index contributed by atoms with van der Waals surface area (Å²) in [5.41, 5.74) is 10.3. The molecule has 0 heterocycles. The molecule has 0 fully saturated rings. The summed E-state index contributed by atoms with van der Waals surface area (Å²) in [6, 6.07) is 0. The van der Waals surface area contributed by atoms with Gasteiger partial charge in [-0.3, -0.25) is 0 Å². The van der Waals surface area contributed by atoms with Crippen molar-refractivity contribution in [3.63, 3.8) is 0 Å². The van der Waals surface area contributed by atoms with Gasteiger partial charge in [0.2, 0.25) is 0 Å². The molecule has 0 spiro atoms. The number of nitrogens with zero attached hydrogens (tertiary/aromatic N) is 2. The third-order valence-corrected chi connectivity index (χ3v) is 0.642. The number of hydrogen-bond donors (Lipinski definition) is 3. The monoisotopic (exact) mass is 286 g/mol. The van der Waals surface area contributed by atoms with Crippen LogP contribution in [0.25, 0.3) is 0 Å². The van der Waals surface area contributed by atoms with Crippen LogP contribution >= 0.6 is 0 Å². The van der Waals surface area contributed by atoms with Gasteiger partial charge in [-0.2, -0.15) is 0 Å². The van der Waals surface area contributed by atoms with Crippen molar-refractivity contribution in [1.29, 1.82) is 0 Å². The van der Waals surface area contributed by atoms with E-state index in [-0.39, 0.29) is 16.8 Å². The van der Waals surface area contributed by atoms with Crippen LogP contribution in [0.3, 0.4) is 0 Å². The van der Waals surface area contributed by atoms with E-state index in [9.17, 15) is 0 Å². The fraction of sp³-hybridized carbons (Fsp3) is 1.00. The number of nitrogens with one attached hydrogen (secondary N) is 1. The fourth-order valence-corrected chi connectivity index (χ4v) is 0.329. The molecule has 0 saturated carbocycles. The molecular formula is C4H13CoN5O6. The minimum absolute atomic E-state index is 0. The Morgan fingerprint density at radius 2 is 1.06 bits per heavy atom. The second-order valence-corrected chi connectivity index (χ2v) is 1.77. The zero-order valence-electron chi connectivity index (χ0n) is 8.16. The molecule has 0 atom stereocenters. The van der Waals surface area contributed by atoms with E-state index in [0.29, 0.717) is 13.1 Å². The summed E-state index contributed by atoms with van der Waals surface area (Å²) in [4.78, 5) is 16.5. The van der Waals surface area contributed by atoms with Crippen molar-refractivity contribution in [1.82, 2.24) is 5.32 Å². The molecule has 99 valence electrons. The molecule has 5 N–H and O–H groups in total. The van der Waals surface area contributed by atoms with Gasteiger partial charge in [-0.15, -0.1) is 0 Å². The molecular weight excluding hydrogens is 273 g/mol. The molecule has 0 aliphatic heterocycles. The van der Waals surface area contributed by atoms with Gasteiger partial charge >= 0.3 is 16.8 Å². The number of nitrogens with two attached hydrogens (primary N) is 2. The van der Waals surface area contributed by atoms with Crippen molar-refractivity contribution < 1.29 is 27.0 Å². The maximum atomic E-state index is 8.25. The van der Waals surface area contributed by atoms with Gasteiger partial charge in [0.05, 0.1) is 10.2 Å². The third-order valence-electron chi connectivity index (χ3n) is 0.642. The zero-order chi connectivity index (χ0) is 12.7. The van der Waals surface area contributed by atoms with Crippen molar-refractivity contribution in [3.05, 3.63) is 30.6 Å². The topological polar surface area (TPSA) is 196 Å². The fourth-order valence-electron chi connectivity index (χ4n) is 0.329. The first-order valence-corrected chi connectivity index (χ1v) is 3.62. The molecule has 12 heteroatoms. The van der Waals surface area contributed by atoms with Crippen molar-refractivity contribution in [2.24, 2.45) is 11.5 Å². The standard InChI is InChI=1S/C4H13N3.Co.2NO3/c5-1-3-7-4-2-6;;2*2-1(3)4/h7H,1-6H2;;;/q;+2;2*-1. The molecule has 0 aromatic rings. The second kappa shape index (κ2) is 23.5. The van der Waals surface area contributed by atoms with Gasteiger partial charge < -0.3 is 47.4 Å². The Labute approximate surface area is 101 Å². The van der Waals surface area contributed by atoms with Crippen molar-refractivity contribution >= 4 is 0 Å². The quantitative estimate of drug-likeness (QED) is 0.297. The van der Waals surface area contributed by atoms with Gasteiger partial charge in [0.1, 0.15) is 0 Å². The van der Waals surface area contributed by atoms with Crippen LogP contribution < -0.4 is 16.8 Å². The molecule has 1 radical (unpaired) electrons. The summed E-state index contributed by atoms with van der Waals surface area (Å²) in [6.45, 7) is 3.13. The Hall–Kier alpha value is -1.21. The molecule has 0 saturated heterocycles. The van der Waals surface area contributed by atoms with Gasteiger partial charge in [0.15, 0.2) is 0 Å². The molecule has 0 unspecified atom stereocenters. The molecule has 0 bridgehead atoms.